The molecule has 2 rings (SSSR count). The molecule has 0 spiro atoms. The normalized spacial score (nSPS) is 11.6. The number of rotatable bonds is 3. The number of halogens is 1. The third kappa shape index (κ3) is 2.36. The number of aliphatic carboxylic acids is 1. The molecule has 0 amide bonds. The summed E-state index contributed by atoms with van der Waals surface area (Å²) in [4.78, 5) is 11.2. The van der Waals surface area contributed by atoms with Crippen LogP contribution in [0.2, 0.25) is 0 Å². The lowest BCUT2D eigenvalue weighted by Crippen LogP contribution is -2.29. The minimum atomic E-state index is -1.06. The van der Waals surface area contributed by atoms with Gasteiger partial charge in [0.1, 0.15) is 11.2 Å². The van der Waals surface area contributed by atoms with Gasteiger partial charge in [0.25, 0.3) is 0 Å². The van der Waals surface area contributed by atoms with Crippen molar-refractivity contribution in [1.82, 2.24) is 9.78 Å². The van der Waals surface area contributed by atoms with Crippen LogP contribution in [0.15, 0.2) is 30.3 Å². The van der Waals surface area contributed by atoms with E-state index in [1.165, 1.54) is 12.1 Å². The fraction of sp³-hybridized carbons (Fsp3) is 0.286. The molecule has 0 aliphatic heterocycles. The Hall–Kier alpha value is -2.17. The summed E-state index contributed by atoms with van der Waals surface area (Å²) in [5.74, 6) is -1.25. The second-order valence-corrected chi connectivity index (χ2v) is 4.99. The van der Waals surface area contributed by atoms with Gasteiger partial charge < -0.3 is 5.11 Å². The number of benzene rings is 1. The van der Waals surface area contributed by atoms with Gasteiger partial charge in [0.05, 0.1) is 11.4 Å². The lowest BCUT2D eigenvalue weighted by Gasteiger charge is -2.15. The van der Waals surface area contributed by atoms with Crippen LogP contribution in [0, 0.1) is 12.7 Å². The summed E-state index contributed by atoms with van der Waals surface area (Å²) in [6.07, 6.45) is 0. The molecule has 0 aliphatic carbocycles. The van der Waals surface area contributed by atoms with Crippen molar-refractivity contribution < 1.29 is 14.3 Å². The Kier molecular flexibility index (Phi) is 3.14. The van der Waals surface area contributed by atoms with Gasteiger partial charge in [-0.1, -0.05) is 0 Å². The lowest BCUT2D eigenvalue weighted by molar-refractivity contribution is -0.142. The molecule has 0 atom stereocenters. The molecule has 1 aromatic heterocycles. The average molecular weight is 262 g/mol. The first-order chi connectivity index (χ1) is 8.82. The summed E-state index contributed by atoms with van der Waals surface area (Å²) in [6.45, 7) is 5.04. The van der Waals surface area contributed by atoms with E-state index < -0.39 is 11.4 Å². The fourth-order valence-corrected chi connectivity index (χ4v) is 1.73. The van der Waals surface area contributed by atoms with Crippen LogP contribution >= 0.6 is 0 Å². The molecule has 0 radical (unpaired) electrons. The summed E-state index contributed by atoms with van der Waals surface area (Å²) in [6, 6.07) is 7.63. The van der Waals surface area contributed by atoms with Crippen molar-refractivity contribution in [1.29, 1.82) is 0 Å². The quantitative estimate of drug-likeness (QED) is 0.925. The molecule has 4 nitrogen and oxygen atoms in total. The number of carboxylic acids is 1. The Morgan fingerprint density at radius 1 is 1.32 bits per heavy atom. The van der Waals surface area contributed by atoms with Gasteiger partial charge >= 0.3 is 5.97 Å². The topological polar surface area (TPSA) is 55.1 Å². The fourth-order valence-electron chi connectivity index (χ4n) is 1.73. The molecule has 0 unspecified atom stereocenters. The standard InChI is InChI=1S/C14H15FN2O2/c1-9-8-12(14(2,3)13(18)19)16-17(9)11-6-4-10(15)5-7-11/h4-8H,1-3H3,(H,18,19). The molecule has 1 aromatic carbocycles. The Morgan fingerprint density at radius 3 is 2.42 bits per heavy atom. The van der Waals surface area contributed by atoms with Crippen molar-refractivity contribution in [3.63, 3.8) is 0 Å². The highest BCUT2D eigenvalue weighted by Gasteiger charge is 2.32. The van der Waals surface area contributed by atoms with Crippen molar-refractivity contribution in [2.75, 3.05) is 0 Å². The van der Waals surface area contributed by atoms with Crippen LogP contribution in [0.1, 0.15) is 25.2 Å². The van der Waals surface area contributed by atoms with E-state index in [9.17, 15) is 14.3 Å². The molecule has 19 heavy (non-hydrogen) atoms. The Labute approximate surface area is 110 Å². The first-order valence-electron chi connectivity index (χ1n) is 5.89. The Morgan fingerprint density at radius 2 is 1.89 bits per heavy atom. The average Bonchev–Trinajstić information content (AvgIpc) is 2.73. The largest absolute Gasteiger partial charge is 0.481 e. The van der Waals surface area contributed by atoms with Crippen molar-refractivity contribution in [3.05, 3.63) is 47.5 Å². The molecule has 0 aliphatic rings. The van der Waals surface area contributed by atoms with Gasteiger partial charge in [-0.2, -0.15) is 5.10 Å². The van der Waals surface area contributed by atoms with E-state index in [1.807, 2.05) is 6.92 Å². The van der Waals surface area contributed by atoms with Crippen LogP contribution in [0.3, 0.4) is 0 Å². The minimum Gasteiger partial charge on any atom is -0.481 e. The number of nitrogens with zero attached hydrogens (tertiary/aromatic N) is 2. The van der Waals surface area contributed by atoms with Gasteiger partial charge in [0, 0.05) is 5.69 Å². The number of carboxylic acid groups (broad SMARTS) is 1. The van der Waals surface area contributed by atoms with Gasteiger partial charge in [0.2, 0.25) is 0 Å². The molecule has 0 bridgehead atoms. The zero-order valence-corrected chi connectivity index (χ0v) is 11.0. The monoisotopic (exact) mass is 262 g/mol. The van der Waals surface area contributed by atoms with E-state index in [-0.39, 0.29) is 5.82 Å². The van der Waals surface area contributed by atoms with Gasteiger partial charge in [-0.3, -0.25) is 4.79 Å². The van der Waals surface area contributed by atoms with Crippen LogP contribution in [0.25, 0.3) is 5.69 Å². The van der Waals surface area contributed by atoms with E-state index in [0.717, 1.165) is 5.69 Å². The Bertz CT molecular complexity index is 615. The highest BCUT2D eigenvalue weighted by molar-refractivity contribution is 5.79. The van der Waals surface area contributed by atoms with Crippen LogP contribution in [0.4, 0.5) is 4.39 Å². The van der Waals surface area contributed by atoms with Gasteiger partial charge in [-0.15, -0.1) is 0 Å². The highest BCUT2D eigenvalue weighted by atomic mass is 19.1. The molecule has 1 heterocycles. The van der Waals surface area contributed by atoms with Crippen molar-refractivity contribution in [3.8, 4) is 5.69 Å². The summed E-state index contributed by atoms with van der Waals surface area (Å²) in [7, 11) is 0. The zero-order chi connectivity index (χ0) is 14.2. The van der Waals surface area contributed by atoms with Crippen LogP contribution in [-0.2, 0) is 10.2 Å². The van der Waals surface area contributed by atoms with E-state index in [1.54, 1.807) is 36.7 Å². The lowest BCUT2D eigenvalue weighted by atomic mass is 9.89. The van der Waals surface area contributed by atoms with Crippen LogP contribution in [-0.4, -0.2) is 20.9 Å². The minimum absolute atomic E-state index is 0.320. The van der Waals surface area contributed by atoms with E-state index in [2.05, 4.69) is 5.10 Å². The van der Waals surface area contributed by atoms with Crippen molar-refractivity contribution >= 4 is 5.97 Å². The maximum atomic E-state index is 12.9. The number of hydrogen-bond donors (Lipinski definition) is 1. The van der Waals surface area contributed by atoms with Gasteiger partial charge in [0.15, 0.2) is 0 Å². The predicted molar refractivity (Wildman–Crippen MR) is 68.9 cm³/mol. The summed E-state index contributed by atoms with van der Waals surface area (Å²) in [5.41, 5.74) is 0.917. The smallest absolute Gasteiger partial charge is 0.315 e. The number of aryl methyl sites for hydroxylation is 1. The summed E-state index contributed by atoms with van der Waals surface area (Å²) >= 11 is 0. The Balaban J connectivity index is 2.47. The second-order valence-electron chi connectivity index (χ2n) is 4.99. The van der Waals surface area contributed by atoms with Gasteiger partial charge in [-0.25, -0.2) is 9.07 Å². The number of carbonyl (C=O) groups is 1. The second kappa shape index (κ2) is 4.50. The van der Waals surface area contributed by atoms with E-state index in [4.69, 9.17) is 0 Å². The van der Waals surface area contributed by atoms with Gasteiger partial charge in [-0.05, 0) is 51.1 Å². The van der Waals surface area contributed by atoms with Crippen molar-refractivity contribution in [2.45, 2.75) is 26.2 Å². The molecule has 100 valence electrons. The number of hydrogen-bond acceptors (Lipinski definition) is 2. The predicted octanol–water partition coefficient (Wildman–Crippen LogP) is 2.68. The molecule has 0 saturated heterocycles. The van der Waals surface area contributed by atoms with E-state index in [0.29, 0.717) is 11.4 Å². The molecular formula is C14H15FN2O2. The molecule has 0 saturated carbocycles. The van der Waals surface area contributed by atoms with E-state index >= 15 is 0 Å². The molecule has 5 heteroatoms. The van der Waals surface area contributed by atoms with Crippen molar-refractivity contribution in [2.24, 2.45) is 0 Å². The van der Waals surface area contributed by atoms with Crippen LogP contribution < -0.4 is 0 Å². The molecule has 2 aromatic rings. The third-order valence-corrected chi connectivity index (χ3v) is 3.13. The maximum absolute atomic E-state index is 12.9. The first-order valence-corrected chi connectivity index (χ1v) is 5.89. The molecular weight excluding hydrogens is 247 g/mol. The zero-order valence-electron chi connectivity index (χ0n) is 11.0. The summed E-state index contributed by atoms with van der Waals surface area (Å²) < 4.78 is 14.5. The molecule has 0 fully saturated rings. The van der Waals surface area contributed by atoms with Crippen LogP contribution in [0.5, 0.6) is 0 Å². The maximum Gasteiger partial charge on any atom is 0.315 e. The highest BCUT2D eigenvalue weighted by Crippen LogP contribution is 2.24. The third-order valence-electron chi connectivity index (χ3n) is 3.13. The SMILES string of the molecule is Cc1cc(C(C)(C)C(=O)O)nn1-c1ccc(F)cc1. The number of aromatic nitrogens is 2. The molecule has 1 N–H and O–H groups in total. The summed E-state index contributed by atoms with van der Waals surface area (Å²) in [5, 5.41) is 13.5. The first kappa shape index (κ1) is 13.3.